The zero-order valence-electron chi connectivity index (χ0n) is 11.5. The van der Waals surface area contributed by atoms with Gasteiger partial charge in [0.05, 0.1) is 6.61 Å². The largest absolute Gasteiger partial charge is 0.479 e. The number of halogens is 1. The van der Waals surface area contributed by atoms with E-state index in [1.807, 2.05) is 12.1 Å². The molecule has 21 heavy (non-hydrogen) atoms. The maximum absolute atomic E-state index is 13.2. The van der Waals surface area contributed by atoms with Gasteiger partial charge in [0.2, 0.25) is 0 Å². The Bertz CT molecular complexity index is 613. The molecular formula is C16H16FNO3. The van der Waals surface area contributed by atoms with Gasteiger partial charge in [-0.05, 0) is 29.3 Å². The minimum absolute atomic E-state index is 0.417. The van der Waals surface area contributed by atoms with E-state index in [1.54, 1.807) is 25.3 Å². The van der Waals surface area contributed by atoms with Crippen LogP contribution in [-0.4, -0.2) is 18.2 Å². The molecule has 0 aliphatic carbocycles. The summed E-state index contributed by atoms with van der Waals surface area (Å²) in [6, 6.07) is 11.8. The zero-order valence-corrected chi connectivity index (χ0v) is 11.5. The van der Waals surface area contributed by atoms with Gasteiger partial charge in [0.25, 0.3) is 0 Å². The van der Waals surface area contributed by atoms with E-state index in [0.717, 1.165) is 5.56 Å². The fourth-order valence-electron chi connectivity index (χ4n) is 2.01. The van der Waals surface area contributed by atoms with E-state index in [0.29, 0.717) is 17.9 Å². The number of nitrogens with one attached hydrogen (secondary N) is 1. The predicted molar refractivity (Wildman–Crippen MR) is 77.6 cm³/mol. The van der Waals surface area contributed by atoms with Gasteiger partial charge >= 0.3 is 5.97 Å². The Balaban J connectivity index is 2.20. The first-order valence-corrected chi connectivity index (χ1v) is 6.43. The number of aliphatic carboxylic acids is 1. The van der Waals surface area contributed by atoms with Crippen LogP contribution in [0.15, 0.2) is 48.5 Å². The summed E-state index contributed by atoms with van der Waals surface area (Å²) >= 11 is 0. The molecule has 0 radical (unpaired) electrons. The second kappa shape index (κ2) is 6.85. The third-order valence-electron chi connectivity index (χ3n) is 3.01. The smallest absolute Gasteiger partial charge is 0.330 e. The van der Waals surface area contributed by atoms with Crippen molar-refractivity contribution < 1.29 is 19.0 Å². The lowest BCUT2D eigenvalue weighted by Crippen LogP contribution is -2.20. The van der Waals surface area contributed by atoms with Crippen LogP contribution in [0.4, 0.5) is 10.1 Å². The van der Waals surface area contributed by atoms with E-state index >= 15 is 0 Å². The summed E-state index contributed by atoms with van der Waals surface area (Å²) in [5, 5.41) is 12.2. The lowest BCUT2D eigenvalue weighted by Gasteiger charge is -2.16. The lowest BCUT2D eigenvalue weighted by molar-refractivity contribution is -0.138. The summed E-state index contributed by atoms with van der Waals surface area (Å²) in [5.41, 5.74) is 1.96. The molecule has 1 unspecified atom stereocenters. The number of methoxy groups -OCH3 is 1. The minimum Gasteiger partial charge on any atom is -0.479 e. The van der Waals surface area contributed by atoms with Gasteiger partial charge < -0.3 is 15.2 Å². The summed E-state index contributed by atoms with van der Waals surface area (Å²) in [5.74, 6) is -1.45. The summed E-state index contributed by atoms with van der Waals surface area (Å²) in [6.07, 6.45) is 0. The van der Waals surface area contributed by atoms with Gasteiger partial charge in [0.15, 0.2) is 6.04 Å². The van der Waals surface area contributed by atoms with Crippen LogP contribution >= 0.6 is 0 Å². The number of rotatable bonds is 6. The normalized spacial score (nSPS) is 11.9. The molecule has 2 aromatic rings. The first-order valence-electron chi connectivity index (χ1n) is 6.43. The summed E-state index contributed by atoms with van der Waals surface area (Å²) < 4.78 is 18.2. The topological polar surface area (TPSA) is 58.6 Å². The fourth-order valence-corrected chi connectivity index (χ4v) is 2.01. The lowest BCUT2D eigenvalue weighted by atomic mass is 10.0. The van der Waals surface area contributed by atoms with Crippen molar-refractivity contribution in [3.8, 4) is 0 Å². The van der Waals surface area contributed by atoms with Crippen LogP contribution in [-0.2, 0) is 16.1 Å². The molecule has 0 heterocycles. The molecule has 1 atom stereocenters. The standard InChI is InChI=1S/C16H16FNO3/c1-21-10-11-5-7-12(8-6-11)15(16(19)20)18-14-4-2-3-13(17)9-14/h2-9,15,18H,10H2,1H3,(H,19,20). The van der Waals surface area contributed by atoms with Gasteiger partial charge in [-0.25, -0.2) is 9.18 Å². The first-order chi connectivity index (χ1) is 10.1. The van der Waals surface area contributed by atoms with Crippen LogP contribution in [0.2, 0.25) is 0 Å². The first kappa shape index (κ1) is 15.0. The number of hydrogen-bond donors (Lipinski definition) is 2. The van der Waals surface area contributed by atoms with Crippen LogP contribution in [0.5, 0.6) is 0 Å². The molecule has 5 heteroatoms. The quantitative estimate of drug-likeness (QED) is 0.857. The van der Waals surface area contributed by atoms with Crippen LogP contribution in [0.25, 0.3) is 0 Å². The number of anilines is 1. The number of benzene rings is 2. The number of carbonyl (C=O) groups is 1. The highest BCUT2D eigenvalue weighted by Crippen LogP contribution is 2.21. The molecule has 0 amide bonds. The second-order valence-corrected chi connectivity index (χ2v) is 4.60. The van der Waals surface area contributed by atoms with Gasteiger partial charge in [-0.1, -0.05) is 30.3 Å². The van der Waals surface area contributed by atoms with Crippen molar-refractivity contribution in [3.05, 3.63) is 65.5 Å². The van der Waals surface area contributed by atoms with E-state index in [9.17, 15) is 14.3 Å². The number of carboxylic acids is 1. The van der Waals surface area contributed by atoms with Crippen molar-refractivity contribution in [3.63, 3.8) is 0 Å². The molecule has 0 fully saturated rings. The van der Waals surface area contributed by atoms with Gasteiger partial charge in [0, 0.05) is 12.8 Å². The summed E-state index contributed by atoms with van der Waals surface area (Å²) in [4.78, 5) is 11.4. The molecule has 0 saturated carbocycles. The Morgan fingerprint density at radius 2 is 2.00 bits per heavy atom. The molecule has 0 spiro atoms. The third-order valence-corrected chi connectivity index (χ3v) is 3.01. The molecule has 0 aliphatic heterocycles. The Kier molecular flexibility index (Phi) is 4.90. The van der Waals surface area contributed by atoms with Crippen molar-refractivity contribution in [2.24, 2.45) is 0 Å². The Morgan fingerprint density at radius 3 is 2.57 bits per heavy atom. The van der Waals surface area contributed by atoms with Gasteiger partial charge in [-0.3, -0.25) is 0 Å². The van der Waals surface area contributed by atoms with Crippen molar-refractivity contribution in [2.75, 3.05) is 12.4 Å². The molecular weight excluding hydrogens is 273 g/mol. The fraction of sp³-hybridized carbons (Fsp3) is 0.188. The molecule has 0 saturated heterocycles. The average Bonchev–Trinajstić information content (AvgIpc) is 2.46. The number of ether oxygens (including phenoxy) is 1. The van der Waals surface area contributed by atoms with Crippen molar-refractivity contribution in [1.82, 2.24) is 0 Å². The number of carboxylic acid groups (broad SMARTS) is 1. The van der Waals surface area contributed by atoms with Crippen LogP contribution in [0.1, 0.15) is 17.2 Å². The number of hydrogen-bond acceptors (Lipinski definition) is 3. The predicted octanol–water partition coefficient (Wildman–Crippen LogP) is 3.21. The van der Waals surface area contributed by atoms with E-state index < -0.39 is 17.8 Å². The minimum atomic E-state index is -1.03. The molecule has 0 aromatic heterocycles. The molecule has 2 N–H and O–H groups in total. The molecule has 2 rings (SSSR count). The van der Waals surface area contributed by atoms with Crippen LogP contribution in [0.3, 0.4) is 0 Å². The van der Waals surface area contributed by atoms with Crippen LogP contribution in [0, 0.1) is 5.82 Å². The SMILES string of the molecule is COCc1ccc(C(Nc2cccc(F)c2)C(=O)O)cc1. The molecule has 2 aromatic carbocycles. The van der Waals surface area contributed by atoms with E-state index in [-0.39, 0.29) is 0 Å². The Morgan fingerprint density at radius 1 is 1.29 bits per heavy atom. The van der Waals surface area contributed by atoms with Crippen molar-refractivity contribution >= 4 is 11.7 Å². The highest BCUT2D eigenvalue weighted by molar-refractivity contribution is 5.79. The van der Waals surface area contributed by atoms with Crippen molar-refractivity contribution in [2.45, 2.75) is 12.6 Å². The molecule has 0 bridgehead atoms. The maximum atomic E-state index is 13.2. The highest BCUT2D eigenvalue weighted by atomic mass is 19.1. The van der Waals surface area contributed by atoms with E-state index in [4.69, 9.17) is 4.74 Å². The van der Waals surface area contributed by atoms with E-state index in [2.05, 4.69) is 5.32 Å². The Hall–Kier alpha value is -2.40. The van der Waals surface area contributed by atoms with E-state index in [1.165, 1.54) is 18.2 Å². The zero-order chi connectivity index (χ0) is 15.2. The molecule has 110 valence electrons. The molecule has 4 nitrogen and oxygen atoms in total. The average molecular weight is 289 g/mol. The van der Waals surface area contributed by atoms with Gasteiger partial charge in [-0.2, -0.15) is 0 Å². The van der Waals surface area contributed by atoms with Gasteiger partial charge in [-0.15, -0.1) is 0 Å². The Labute approximate surface area is 122 Å². The monoisotopic (exact) mass is 289 g/mol. The third kappa shape index (κ3) is 4.03. The summed E-state index contributed by atoms with van der Waals surface area (Å²) in [7, 11) is 1.60. The maximum Gasteiger partial charge on any atom is 0.330 e. The van der Waals surface area contributed by atoms with Crippen molar-refractivity contribution in [1.29, 1.82) is 0 Å². The summed E-state index contributed by atoms with van der Waals surface area (Å²) in [6.45, 7) is 0.468. The highest BCUT2D eigenvalue weighted by Gasteiger charge is 2.19. The van der Waals surface area contributed by atoms with Crippen LogP contribution < -0.4 is 5.32 Å². The molecule has 0 aliphatic rings. The second-order valence-electron chi connectivity index (χ2n) is 4.60. The van der Waals surface area contributed by atoms with Gasteiger partial charge in [0.1, 0.15) is 5.82 Å².